The van der Waals surface area contributed by atoms with Gasteiger partial charge in [0.15, 0.2) is 0 Å². The lowest BCUT2D eigenvalue weighted by Gasteiger charge is -2.38. The molecule has 2 rings (SSSR count). The Morgan fingerprint density at radius 2 is 1.77 bits per heavy atom. The average molecular weight is 312 g/mol. The number of carbonyl (C=O) groups is 1. The van der Waals surface area contributed by atoms with Crippen LogP contribution in [0.5, 0.6) is 0 Å². The molecule has 2 fully saturated rings. The summed E-state index contributed by atoms with van der Waals surface area (Å²) in [5, 5.41) is 2.99. The molecule has 0 spiro atoms. The standard InChI is InChI=1S/C17H32N2O3/c1-12(2)18-17(20)11-19-14-5-6-15(19)10-16(9-14)22-8-7-21-13(3)4/h12-16H,5-11H2,1-4H3,(H,18,20)/t14-,15+,16?. The van der Waals surface area contributed by atoms with Gasteiger partial charge in [0.05, 0.1) is 32.0 Å². The fraction of sp³-hybridized carbons (Fsp3) is 0.941. The number of carbonyl (C=O) groups excluding carboxylic acids is 1. The monoisotopic (exact) mass is 312 g/mol. The highest BCUT2D eigenvalue weighted by Gasteiger charge is 2.41. The zero-order valence-electron chi connectivity index (χ0n) is 14.5. The number of fused-ring (bicyclic) bond motifs is 2. The van der Waals surface area contributed by atoms with E-state index in [2.05, 4.69) is 10.2 Å². The number of hydrogen-bond donors (Lipinski definition) is 1. The molecule has 1 unspecified atom stereocenters. The van der Waals surface area contributed by atoms with Crippen molar-refractivity contribution in [2.24, 2.45) is 0 Å². The number of piperidine rings is 1. The van der Waals surface area contributed by atoms with Crippen molar-refractivity contribution in [3.63, 3.8) is 0 Å². The fourth-order valence-corrected chi connectivity index (χ4v) is 3.65. The molecule has 128 valence electrons. The van der Waals surface area contributed by atoms with Gasteiger partial charge in [0.1, 0.15) is 0 Å². The summed E-state index contributed by atoms with van der Waals surface area (Å²) >= 11 is 0. The Morgan fingerprint density at radius 3 is 2.32 bits per heavy atom. The largest absolute Gasteiger partial charge is 0.376 e. The van der Waals surface area contributed by atoms with Crippen molar-refractivity contribution >= 4 is 5.91 Å². The van der Waals surface area contributed by atoms with Crippen molar-refractivity contribution in [2.45, 2.75) is 83.7 Å². The molecule has 0 aromatic heterocycles. The summed E-state index contributed by atoms with van der Waals surface area (Å²) in [6.45, 7) is 9.98. The van der Waals surface area contributed by atoms with Crippen molar-refractivity contribution in [1.82, 2.24) is 10.2 Å². The van der Waals surface area contributed by atoms with Crippen LogP contribution in [0.1, 0.15) is 53.4 Å². The third-order valence-corrected chi connectivity index (χ3v) is 4.50. The van der Waals surface area contributed by atoms with E-state index >= 15 is 0 Å². The molecule has 0 aliphatic carbocycles. The number of amides is 1. The summed E-state index contributed by atoms with van der Waals surface area (Å²) in [5.41, 5.74) is 0. The number of rotatable bonds is 8. The Labute approximate surface area is 134 Å². The van der Waals surface area contributed by atoms with Gasteiger partial charge in [0.2, 0.25) is 5.91 Å². The number of ether oxygens (including phenoxy) is 2. The van der Waals surface area contributed by atoms with E-state index in [0.717, 1.165) is 12.8 Å². The van der Waals surface area contributed by atoms with Crippen LogP contribution >= 0.6 is 0 Å². The van der Waals surface area contributed by atoms with Crippen molar-refractivity contribution in [3.8, 4) is 0 Å². The normalized spacial score (nSPS) is 28.5. The first kappa shape index (κ1) is 17.7. The maximum Gasteiger partial charge on any atom is 0.234 e. The van der Waals surface area contributed by atoms with Crippen molar-refractivity contribution in [2.75, 3.05) is 19.8 Å². The first-order valence-corrected chi connectivity index (χ1v) is 8.74. The molecular weight excluding hydrogens is 280 g/mol. The Kier molecular flexibility index (Phi) is 6.66. The van der Waals surface area contributed by atoms with Gasteiger partial charge in [0, 0.05) is 18.1 Å². The van der Waals surface area contributed by atoms with Crippen molar-refractivity contribution in [3.05, 3.63) is 0 Å². The van der Waals surface area contributed by atoms with Gasteiger partial charge in [-0.15, -0.1) is 0 Å². The van der Waals surface area contributed by atoms with E-state index in [1.165, 1.54) is 12.8 Å². The fourth-order valence-electron chi connectivity index (χ4n) is 3.65. The Bertz CT molecular complexity index is 346. The highest BCUT2D eigenvalue weighted by Crippen LogP contribution is 2.36. The summed E-state index contributed by atoms with van der Waals surface area (Å²) in [5.74, 6) is 0.150. The van der Waals surface area contributed by atoms with E-state index in [4.69, 9.17) is 9.47 Å². The third-order valence-electron chi connectivity index (χ3n) is 4.50. The van der Waals surface area contributed by atoms with Crippen LogP contribution in [0, 0.1) is 0 Å². The van der Waals surface area contributed by atoms with Gasteiger partial charge in [0.25, 0.3) is 0 Å². The van der Waals surface area contributed by atoms with Gasteiger partial charge in [-0.25, -0.2) is 0 Å². The van der Waals surface area contributed by atoms with Crippen LogP contribution in [0.25, 0.3) is 0 Å². The van der Waals surface area contributed by atoms with Gasteiger partial charge in [-0.3, -0.25) is 9.69 Å². The molecule has 0 aromatic carbocycles. The van der Waals surface area contributed by atoms with Gasteiger partial charge in [-0.05, 0) is 53.4 Å². The highest BCUT2D eigenvalue weighted by atomic mass is 16.5. The second kappa shape index (κ2) is 8.27. The van der Waals surface area contributed by atoms with E-state index in [1.807, 2.05) is 27.7 Å². The average Bonchev–Trinajstić information content (AvgIpc) is 2.66. The lowest BCUT2D eigenvalue weighted by molar-refractivity contribution is -0.125. The van der Waals surface area contributed by atoms with Gasteiger partial charge < -0.3 is 14.8 Å². The number of hydrogen-bond acceptors (Lipinski definition) is 4. The minimum atomic E-state index is 0.150. The quantitative estimate of drug-likeness (QED) is 0.696. The van der Waals surface area contributed by atoms with E-state index in [-0.39, 0.29) is 18.1 Å². The van der Waals surface area contributed by atoms with Gasteiger partial charge >= 0.3 is 0 Å². The molecule has 2 saturated heterocycles. The second-order valence-electron chi connectivity index (χ2n) is 7.16. The lowest BCUT2D eigenvalue weighted by atomic mass is 9.99. The molecule has 2 aliphatic heterocycles. The Balaban J connectivity index is 1.73. The van der Waals surface area contributed by atoms with Crippen LogP contribution in [0.3, 0.4) is 0 Å². The molecule has 0 saturated carbocycles. The zero-order valence-corrected chi connectivity index (χ0v) is 14.5. The molecule has 1 amide bonds. The summed E-state index contributed by atoms with van der Waals surface area (Å²) in [6.07, 6.45) is 5.09. The number of nitrogens with one attached hydrogen (secondary N) is 1. The van der Waals surface area contributed by atoms with Crippen LogP contribution in [0.4, 0.5) is 0 Å². The molecule has 3 atom stereocenters. The maximum atomic E-state index is 12.0. The Hall–Kier alpha value is -0.650. The van der Waals surface area contributed by atoms with E-state index in [0.29, 0.717) is 37.9 Å². The third kappa shape index (κ3) is 5.21. The van der Waals surface area contributed by atoms with Crippen LogP contribution in [0.2, 0.25) is 0 Å². The summed E-state index contributed by atoms with van der Waals surface area (Å²) in [6, 6.07) is 1.23. The molecule has 0 aromatic rings. The number of nitrogens with zero attached hydrogens (tertiary/aromatic N) is 1. The maximum absolute atomic E-state index is 12.0. The molecule has 2 heterocycles. The van der Waals surface area contributed by atoms with E-state index in [1.54, 1.807) is 0 Å². The van der Waals surface area contributed by atoms with Gasteiger partial charge in [-0.2, -0.15) is 0 Å². The predicted octanol–water partition coefficient (Wildman–Crippen LogP) is 1.95. The molecular formula is C17H32N2O3. The smallest absolute Gasteiger partial charge is 0.234 e. The summed E-state index contributed by atoms with van der Waals surface area (Å²) in [4.78, 5) is 14.4. The highest BCUT2D eigenvalue weighted by molar-refractivity contribution is 5.78. The molecule has 2 aliphatic rings. The topological polar surface area (TPSA) is 50.8 Å². The molecule has 5 heteroatoms. The minimum absolute atomic E-state index is 0.150. The van der Waals surface area contributed by atoms with Crippen LogP contribution in [0.15, 0.2) is 0 Å². The molecule has 22 heavy (non-hydrogen) atoms. The van der Waals surface area contributed by atoms with E-state index in [9.17, 15) is 4.79 Å². The molecule has 0 radical (unpaired) electrons. The first-order chi connectivity index (χ1) is 10.5. The minimum Gasteiger partial charge on any atom is -0.376 e. The lowest BCUT2D eigenvalue weighted by Crippen LogP contribution is -2.50. The summed E-state index contributed by atoms with van der Waals surface area (Å²) in [7, 11) is 0. The van der Waals surface area contributed by atoms with Crippen molar-refractivity contribution < 1.29 is 14.3 Å². The van der Waals surface area contributed by atoms with Crippen LogP contribution in [-0.4, -0.2) is 60.9 Å². The first-order valence-electron chi connectivity index (χ1n) is 8.74. The van der Waals surface area contributed by atoms with E-state index < -0.39 is 0 Å². The van der Waals surface area contributed by atoms with Crippen LogP contribution in [-0.2, 0) is 14.3 Å². The predicted molar refractivity (Wildman–Crippen MR) is 86.9 cm³/mol. The van der Waals surface area contributed by atoms with Gasteiger partial charge in [-0.1, -0.05) is 0 Å². The Morgan fingerprint density at radius 1 is 1.14 bits per heavy atom. The zero-order chi connectivity index (χ0) is 16.1. The second-order valence-corrected chi connectivity index (χ2v) is 7.16. The molecule has 2 bridgehead atoms. The molecule has 1 N–H and O–H groups in total. The SMILES string of the molecule is CC(C)NC(=O)CN1[C@@H]2CC[C@H]1CC(OCCOC(C)C)C2. The van der Waals surface area contributed by atoms with Crippen LogP contribution < -0.4 is 5.32 Å². The van der Waals surface area contributed by atoms with Crippen molar-refractivity contribution in [1.29, 1.82) is 0 Å². The summed E-state index contributed by atoms with van der Waals surface area (Å²) < 4.78 is 11.5. The molecule has 5 nitrogen and oxygen atoms in total.